The zero-order chi connectivity index (χ0) is 14.9. The zero-order valence-corrected chi connectivity index (χ0v) is 12.8. The summed E-state index contributed by atoms with van der Waals surface area (Å²) < 4.78 is 24.9. The van der Waals surface area contributed by atoms with Crippen LogP contribution >= 0.6 is 0 Å². The quantitative estimate of drug-likeness (QED) is 0.883. The molecule has 106 valence electrons. The molecule has 0 amide bonds. The summed E-state index contributed by atoms with van der Waals surface area (Å²) in [5, 5.41) is 0. The van der Waals surface area contributed by atoms with Gasteiger partial charge in [0.15, 0.2) is 9.84 Å². The number of benzene rings is 2. The van der Waals surface area contributed by atoms with Crippen molar-refractivity contribution in [3.8, 4) is 0 Å². The summed E-state index contributed by atoms with van der Waals surface area (Å²) in [6.07, 6.45) is 0. The van der Waals surface area contributed by atoms with Gasteiger partial charge in [0.1, 0.15) is 0 Å². The van der Waals surface area contributed by atoms with Crippen LogP contribution in [0.25, 0.3) is 0 Å². The molecule has 0 saturated heterocycles. The van der Waals surface area contributed by atoms with Gasteiger partial charge in [0.2, 0.25) is 0 Å². The first kappa shape index (κ1) is 14.6. The fraction of sp³-hybridized carbons (Fsp3) is 0.250. The van der Waals surface area contributed by atoms with Crippen LogP contribution in [0.2, 0.25) is 0 Å². The van der Waals surface area contributed by atoms with Crippen LogP contribution in [-0.4, -0.2) is 8.42 Å². The van der Waals surface area contributed by atoms with Gasteiger partial charge in [-0.2, -0.15) is 0 Å². The van der Waals surface area contributed by atoms with Gasteiger partial charge in [0.05, 0.1) is 16.3 Å². The van der Waals surface area contributed by atoms with E-state index in [1.807, 2.05) is 39.0 Å². The Morgan fingerprint density at radius 1 is 0.950 bits per heavy atom. The van der Waals surface area contributed by atoms with Crippen LogP contribution in [0.3, 0.4) is 0 Å². The topological polar surface area (TPSA) is 60.2 Å². The maximum Gasteiger partial charge on any atom is 0.184 e. The lowest BCUT2D eigenvalue weighted by Gasteiger charge is -2.09. The third-order valence-corrected chi connectivity index (χ3v) is 5.18. The summed E-state index contributed by atoms with van der Waals surface area (Å²) in [7, 11) is -3.42. The summed E-state index contributed by atoms with van der Waals surface area (Å²) in [6.45, 7) is 5.87. The van der Waals surface area contributed by atoms with E-state index < -0.39 is 9.84 Å². The first-order chi connectivity index (χ1) is 9.29. The second-order valence-corrected chi connectivity index (χ2v) is 7.18. The van der Waals surface area contributed by atoms with E-state index in [4.69, 9.17) is 5.73 Å². The van der Waals surface area contributed by atoms with Crippen LogP contribution < -0.4 is 5.73 Å². The number of aryl methyl sites for hydroxylation is 3. The number of anilines is 1. The minimum absolute atomic E-state index is 0.0264. The number of hydrogen-bond donors (Lipinski definition) is 1. The standard InChI is InChI=1S/C16H19NO2S/c1-11-4-7-16(15(17)8-11)20(18,19)10-14-6-5-12(2)13(3)9-14/h4-9H,10,17H2,1-3H3. The highest BCUT2D eigenvalue weighted by Gasteiger charge is 2.18. The van der Waals surface area contributed by atoms with E-state index in [2.05, 4.69) is 0 Å². The molecule has 2 N–H and O–H groups in total. The Labute approximate surface area is 120 Å². The molecule has 0 saturated carbocycles. The van der Waals surface area contributed by atoms with Crippen LogP contribution in [0.4, 0.5) is 5.69 Å². The van der Waals surface area contributed by atoms with Gasteiger partial charge in [-0.1, -0.05) is 24.3 Å². The van der Waals surface area contributed by atoms with Crippen molar-refractivity contribution in [2.24, 2.45) is 0 Å². The lowest BCUT2D eigenvalue weighted by Crippen LogP contribution is -2.08. The van der Waals surface area contributed by atoms with Crippen molar-refractivity contribution in [2.45, 2.75) is 31.4 Å². The average molecular weight is 289 g/mol. The van der Waals surface area contributed by atoms with E-state index in [1.165, 1.54) is 0 Å². The van der Waals surface area contributed by atoms with Crippen LogP contribution in [0.15, 0.2) is 41.3 Å². The Kier molecular flexibility index (Phi) is 3.86. The van der Waals surface area contributed by atoms with E-state index in [0.717, 1.165) is 22.3 Å². The summed E-state index contributed by atoms with van der Waals surface area (Å²) in [5.41, 5.74) is 10.1. The fourth-order valence-corrected chi connectivity index (χ4v) is 3.61. The Bertz CT molecular complexity index is 749. The third kappa shape index (κ3) is 3.02. The van der Waals surface area contributed by atoms with Crippen molar-refractivity contribution in [1.29, 1.82) is 0 Å². The normalized spacial score (nSPS) is 11.6. The Hall–Kier alpha value is -1.81. The summed E-state index contributed by atoms with van der Waals surface area (Å²) in [6, 6.07) is 10.7. The number of rotatable bonds is 3. The van der Waals surface area contributed by atoms with Gasteiger partial charge in [-0.25, -0.2) is 8.42 Å². The van der Waals surface area contributed by atoms with Gasteiger partial charge in [-0.05, 0) is 55.2 Å². The SMILES string of the molecule is Cc1ccc(S(=O)(=O)Cc2ccc(C)c(C)c2)c(N)c1. The third-order valence-electron chi connectivity index (χ3n) is 3.43. The molecule has 0 fully saturated rings. The molecule has 0 unspecified atom stereocenters. The second kappa shape index (κ2) is 5.29. The van der Waals surface area contributed by atoms with Gasteiger partial charge in [0, 0.05) is 0 Å². The van der Waals surface area contributed by atoms with Crippen molar-refractivity contribution in [3.05, 3.63) is 58.7 Å². The van der Waals surface area contributed by atoms with Crippen molar-refractivity contribution >= 4 is 15.5 Å². The van der Waals surface area contributed by atoms with E-state index in [-0.39, 0.29) is 10.6 Å². The highest BCUT2D eigenvalue weighted by atomic mass is 32.2. The average Bonchev–Trinajstić information content (AvgIpc) is 2.33. The molecule has 3 nitrogen and oxygen atoms in total. The van der Waals surface area contributed by atoms with Gasteiger partial charge < -0.3 is 5.73 Å². The van der Waals surface area contributed by atoms with Gasteiger partial charge in [0.25, 0.3) is 0 Å². The van der Waals surface area contributed by atoms with Crippen molar-refractivity contribution < 1.29 is 8.42 Å². The Morgan fingerprint density at radius 2 is 1.65 bits per heavy atom. The lowest BCUT2D eigenvalue weighted by atomic mass is 10.1. The molecular weight excluding hydrogens is 270 g/mol. The molecule has 0 spiro atoms. The molecule has 2 rings (SSSR count). The minimum atomic E-state index is -3.42. The minimum Gasteiger partial charge on any atom is -0.398 e. The van der Waals surface area contributed by atoms with Crippen LogP contribution in [0.1, 0.15) is 22.3 Å². The molecule has 0 aromatic heterocycles. The molecular formula is C16H19NO2S. The smallest absolute Gasteiger partial charge is 0.184 e. The number of nitrogen functional groups attached to an aromatic ring is 1. The van der Waals surface area contributed by atoms with Gasteiger partial charge >= 0.3 is 0 Å². The molecule has 2 aromatic carbocycles. The summed E-state index contributed by atoms with van der Waals surface area (Å²) in [5.74, 6) is -0.0264. The fourth-order valence-electron chi connectivity index (χ4n) is 2.14. The number of sulfone groups is 1. The monoisotopic (exact) mass is 289 g/mol. The molecule has 0 bridgehead atoms. The van der Waals surface area contributed by atoms with Crippen molar-refractivity contribution in [1.82, 2.24) is 0 Å². The largest absolute Gasteiger partial charge is 0.398 e. The van der Waals surface area contributed by atoms with E-state index in [0.29, 0.717) is 5.69 Å². The molecule has 4 heteroatoms. The predicted molar refractivity (Wildman–Crippen MR) is 82.4 cm³/mol. The highest BCUT2D eigenvalue weighted by Crippen LogP contribution is 2.24. The van der Waals surface area contributed by atoms with E-state index >= 15 is 0 Å². The first-order valence-corrected chi connectivity index (χ1v) is 8.10. The first-order valence-electron chi connectivity index (χ1n) is 6.44. The molecule has 0 radical (unpaired) electrons. The summed E-state index contributed by atoms with van der Waals surface area (Å²) in [4.78, 5) is 0.210. The molecule has 0 aliphatic carbocycles. The predicted octanol–water partition coefficient (Wildman–Crippen LogP) is 3.17. The highest BCUT2D eigenvalue weighted by molar-refractivity contribution is 7.90. The van der Waals surface area contributed by atoms with Crippen LogP contribution in [0, 0.1) is 20.8 Å². The summed E-state index contributed by atoms with van der Waals surface area (Å²) >= 11 is 0. The zero-order valence-electron chi connectivity index (χ0n) is 12.0. The van der Waals surface area contributed by atoms with Crippen molar-refractivity contribution in [2.75, 3.05) is 5.73 Å². The van der Waals surface area contributed by atoms with E-state index in [9.17, 15) is 8.42 Å². The maximum absolute atomic E-state index is 12.4. The molecule has 0 aliphatic heterocycles. The molecule has 2 aromatic rings. The lowest BCUT2D eigenvalue weighted by molar-refractivity contribution is 0.595. The number of nitrogens with two attached hydrogens (primary N) is 1. The Morgan fingerprint density at radius 3 is 2.25 bits per heavy atom. The van der Waals surface area contributed by atoms with E-state index in [1.54, 1.807) is 18.2 Å². The van der Waals surface area contributed by atoms with Crippen LogP contribution in [-0.2, 0) is 15.6 Å². The molecule has 20 heavy (non-hydrogen) atoms. The molecule has 0 aliphatic rings. The van der Waals surface area contributed by atoms with Crippen LogP contribution in [0.5, 0.6) is 0 Å². The number of hydrogen-bond acceptors (Lipinski definition) is 3. The molecule has 0 heterocycles. The Balaban J connectivity index is 2.38. The van der Waals surface area contributed by atoms with Gasteiger partial charge in [-0.15, -0.1) is 0 Å². The van der Waals surface area contributed by atoms with Crippen molar-refractivity contribution in [3.63, 3.8) is 0 Å². The molecule has 0 atom stereocenters. The van der Waals surface area contributed by atoms with Gasteiger partial charge in [-0.3, -0.25) is 0 Å². The second-order valence-electron chi connectivity index (χ2n) is 5.22. The maximum atomic E-state index is 12.4.